The fraction of sp³-hybridized carbons (Fsp3) is 0. The molecule has 1 N–H and O–H groups in total. The van der Waals surface area contributed by atoms with E-state index in [4.69, 9.17) is 0 Å². The van der Waals surface area contributed by atoms with Crippen LogP contribution < -0.4 is 20.6 Å². The zero-order valence-corrected chi connectivity index (χ0v) is 17.7. The number of fused-ring (bicyclic) bond motifs is 1. The summed E-state index contributed by atoms with van der Waals surface area (Å²) in [5.74, 6) is -3.49. The molecule has 0 aliphatic carbocycles. The van der Waals surface area contributed by atoms with Gasteiger partial charge in [-0.3, -0.25) is 4.79 Å². The van der Waals surface area contributed by atoms with E-state index in [-0.39, 0.29) is 35.4 Å². The molecule has 9 heteroatoms. The molecule has 1 amide bonds. The summed E-state index contributed by atoms with van der Waals surface area (Å²) in [7, 11) is 0. The maximum Gasteiger partial charge on any atom is 2.00 e. The maximum absolute atomic E-state index is 12.6. The first-order valence-electron chi connectivity index (χ1n) is 9.47. The van der Waals surface area contributed by atoms with Crippen LogP contribution in [0.5, 0.6) is 11.5 Å². The van der Waals surface area contributed by atoms with Crippen molar-refractivity contribution in [3.05, 3.63) is 90.0 Å². The first kappa shape index (κ1) is 23.5. The molecule has 4 aromatic rings. The van der Waals surface area contributed by atoms with Gasteiger partial charge in [0, 0.05) is 16.6 Å². The van der Waals surface area contributed by atoms with E-state index in [9.17, 15) is 24.9 Å². The number of hydrogen-bond acceptors (Lipinski definition) is 7. The second kappa shape index (κ2) is 9.95. The Morgan fingerprint density at radius 3 is 2.27 bits per heavy atom. The Morgan fingerprint density at radius 1 is 0.848 bits per heavy atom. The van der Waals surface area contributed by atoms with Gasteiger partial charge in [0.15, 0.2) is 0 Å². The van der Waals surface area contributed by atoms with Gasteiger partial charge in [-0.1, -0.05) is 60.0 Å². The van der Waals surface area contributed by atoms with E-state index in [0.717, 1.165) is 0 Å². The Balaban J connectivity index is 0.00000204. The molecule has 0 fully saturated rings. The molecule has 0 bridgehead atoms. The third-order valence-electron chi connectivity index (χ3n) is 4.71. The fourth-order valence-electron chi connectivity index (χ4n) is 3.13. The molecule has 0 aliphatic rings. The summed E-state index contributed by atoms with van der Waals surface area (Å²) >= 11 is 0. The largest absolute Gasteiger partial charge is 2.00 e. The molecular weight excluding hydrogens is 474 g/mol. The van der Waals surface area contributed by atoms with E-state index in [1.165, 1.54) is 24.3 Å². The Kier molecular flexibility index (Phi) is 7.07. The molecule has 0 saturated carbocycles. The van der Waals surface area contributed by atoms with Gasteiger partial charge in [-0.2, -0.15) is 10.2 Å². The van der Waals surface area contributed by atoms with Crippen molar-refractivity contribution in [3.8, 4) is 11.5 Å². The van der Waals surface area contributed by atoms with Gasteiger partial charge in [0.1, 0.15) is 0 Å². The monoisotopic (exact) mass is 488 g/mol. The van der Waals surface area contributed by atoms with Gasteiger partial charge in [-0.05, 0) is 41.3 Å². The molecule has 8 nitrogen and oxygen atoms in total. The van der Waals surface area contributed by atoms with Crippen molar-refractivity contribution in [2.45, 2.75) is 0 Å². The van der Waals surface area contributed by atoms with Gasteiger partial charge >= 0.3 is 18.5 Å². The third-order valence-corrected chi connectivity index (χ3v) is 4.71. The number of carbonyl (C=O) groups excluding carboxylic acids is 2. The maximum atomic E-state index is 12.6. The summed E-state index contributed by atoms with van der Waals surface area (Å²) < 4.78 is 0. The minimum absolute atomic E-state index is 0. The average Bonchev–Trinajstić information content (AvgIpc) is 2.79. The van der Waals surface area contributed by atoms with Crippen LogP contribution in [0.2, 0.25) is 0 Å². The number of nitrogens with one attached hydrogen (secondary N) is 1. The summed E-state index contributed by atoms with van der Waals surface area (Å²) in [6.07, 6.45) is 0. The van der Waals surface area contributed by atoms with Gasteiger partial charge in [0.05, 0.1) is 17.3 Å². The van der Waals surface area contributed by atoms with Crippen molar-refractivity contribution in [1.82, 2.24) is 0 Å². The molecule has 0 heterocycles. The van der Waals surface area contributed by atoms with Crippen molar-refractivity contribution in [2.75, 3.05) is 5.32 Å². The van der Waals surface area contributed by atoms with Crippen LogP contribution in [0, 0.1) is 0 Å². The number of carbonyl (C=O) groups is 2. The van der Waals surface area contributed by atoms with E-state index in [1.54, 1.807) is 48.5 Å². The van der Waals surface area contributed by atoms with E-state index in [2.05, 4.69) is 15.5 Å². The van der Waals surface area contributed by atoms with Crippen molar-refractivity contribution >= 4 is 39.7 Å². The molecule has 0 unspecified atom stereocenters. The Morgan fingerprint density at radius 2 is 1.55 bits per heavy atom. The number of amides is 1. The topological polar surface area (TPSA) is 140 Å². The van der Waals surface area contributed by atoms with E-state index in [0.29, 0.717) is 16.5 Å². The minimum atomic E-state index is -1.64. The van der Waals surface area contributed by atoms with Gasteiger partial charge in [-0.15, -0.1) is 0 Å². The van der Waals surface area contributed by atoms with Crippen LogP contribution >= 0.6 is 0 Å². The molecule has 0 aliphatic heterocycles. The number of benzene rings is 4. The minimum Gasteiger partial charge on any atom is -0.871 e. The van der Waals surface area contributed by atoms with Gasteiger partial charge in [-0.25, -0.2) is 0 Å². The number of anilines is 1. The van der Waals surface area contributed by atoms with Gasteiger partial charge < -0.3 is 25.4 Å². The first-order valence-corrected chi connectivity index (χ1v) is 9.47. The SMILES string of the molecule is O=C(Nc1ccccc1)c1ccc([O-])c(N=Nc2c([O-])c(C(=O)[O-])cc3ccccc23)c1.[Cu+2].[H+]. The van der Waals surface area contributed by atoms with Crippen LogP contribution in [0.25, 0.3) is 10.8 Å². The molecule has 4 rings (SSSR count). The van der Waals surface area contributed by atoms with Crippen molar-refractivity contribution in [3.63, 3.8) is 0 Å². The predicted molar refractivity (Wildman–Crippen MR) is 113 cm³/mol. The number of rotatable bonds is 5. The van der Waals surface area contributed by atoms with E-state index in [1.807, 2.05) is 6.07 Å². The zero-order valence-electron chi connectivity index (χ0n) is 17.7. The Bertz CT molecular complexity index is 1380. The van der Waals surface area contributed by atoms with Crippen LogP contribution in [-0.4, -0.2) is 11.9 Å². The quantitative estimate of drug-likeness (QED) is 0.339. The molecule has 4 aromatic carbocycles. The molecule has 0 spiro atoms. The van der Waals surface area contributed by atoms with Crippen molar-refractivity contribution in [1.29, 1.82) is 0 Å². The molecule has 0 aromatic heterocycles. The number of azo groups is 1. The smallest absolute Gasteiger partial charge is 0.871 e. The van der Waals surface area contributed by atoms with Crippen LogP contribution in [0.1, 0.15) is 22.1 Å². The normalized spacial score (nSPS) is 10.7. The number of aromatic carboxylic acids is 1. The summed E-state index contributed by atoms with van der Waals surface area (Å²) in [5, 5.41) is 47.4. The molecule has 33 heavy (non-hydrogen) atoms. The first-order chi connectivity index (χ1) is 15.4. The van der Waals surface area contributed by atoms with Crippen LogP contribution in [0.15, 0.2) is 89.1 Å². The predicted octanol–water partition coefficient (Wildman–Crippen LogP) is 3.13. The molecule has 0 saturated heterocycles. The van der Waals surface area contributed by atoms with Gasteiger partial charge in [0.2, 0.25) is 0 Å². The van der Waals surface area contributed by atoms with Crippen LogP contribution in [0.3, 0.4) is 0 Å². The summed E-state index contributed by atoms with van der Waals surface area (Å²) in [6, 6.07) is 20.3. The fourth-order valence-corrected chi connectivity index (χ4v) is 3.13. The average molecular weight is 489 g/mol. The summed E-state index contributed by atoms with van der Waals surface area (Å²) in [6.45, 7) is 0. The number of hydrogen-bond donors (Lipinski definition) is 1. The van der Waals surface area contributed by atoms with Crippen LogP contribution in [-0.2, 0) is 17.1 Å². The number of nitrogens with zero attached hydrogens (tertiary/aromatic N) is 2. The second-order valence-corrected chi connectivity index (χ2v) is 6.81. The molecule has 1 radical (unpaired) electrons. The Labute approximate surface area is 200 Å². The Hall–Kier alpha value is -4.20. The number of carboxylic acid groups (broad SMARTS) is 1. The standard InChI is InChI=1S/C24H17N3O5.Cu/c28-20-11-10-15(23(30)25-16-7-2-1-3-8-16)13-19(20)26-27-21-17-9-5-4-6-14(17)12-18(22(21)29)24(31)32;/h1-13,28-29H,(H,25,30)(H,31,32);/q;+2/p-2. The van der Waals surface area contributed by atoms with E-state index < -0.39 is 28.9 Å². The number of carboxylic acids is 1. The molecule has 167 valence electrons. The van der Waals surface area contributed by atoms with Crippen molar-refractivity contribution in [2.24, 2.45) is 10.2 Å². The summed E-state index contributed by atoms with van der Waals surface area (Å²) in [5.41, 5.74) is -0.226. The van der Waals surface area contributed by atoms with Crippen molar-refractivity contribution < 1.29 is 43.4 Å². The number of para-hydroxylation sites is 1. The summed E-state index contributed by atoms with van der Waals surface area (Å²) in [4.78, 5) is 23.8. The molecular formula is C24H15CuN3O5. The van der Waals surface area contributed by atoms with E-state index >= 15 is 0 Å². The van der Waals surface area contributed by atoms with Gasteiger partial charge in [0.25, 0.3) is 5.91 Å². The molecule has 0 atom stereocenters. The third kappa shape index (κ3) is 5.01. The second-order valence-electron chi connectivity index (χ2n) is 6.81. The zero-order chi connectivity index (χ0) is 22.7. The van der Waals surface area contributed by atoms with Crippen LogP contribution in [0.4, 0.5) is 17.1 Å².